The summed E-state index contributed by atoms with van der Waals surface area (Å²) >= 11 is 0. The molecule has 0 radical (unpaired) electrons. The molecule has 70 valence electrons. The Hall–Kier alpha value is -1.18. The molecular weight excluding hydrogens is 160 g/mol. The van der Waals surface area contributed by atoms with Crippen LogP contribution in [0.3, 0.4) is 0 Å². The Morgan fingerprint density at radius 1 is 1.08 bits per heavy atom. The number of nitrogens with zero attached hydrogens (tertiary/aromatic N) is 2. The van der Waals surface area contributed by atoms with Crippen molar-refractivity contribution < 1.29 is 0 Å². The molecule has 0 unspecified atom stereocenters. The zero-order valence-corrected chi connectivity index (χ0v) is 8.11. The third-order valence-electron chi connectivity index (χ3n) is 1.80. The van der Waals surface area contributed by atoms with Crippen LogP contribution in [0.1, 0.15) is 26.2 Å². The molecule has 0 amide bonds. The molecule has 1 aromatic carbocycles. The first-order chi connectivity index (χ1) is 6.43. The van der Waals surface area contributed by atoms with Crippen molar-refractivity contribution in [2.45, 2.75) is 26.2 Å². The lowest BCUT2D eigenvalue weighted by molar-refractivity contribution is 0.713. The van der Waals surface area contributed by atoms with E-state index in [0.717, 1.165) is 18.7 Å². The first kappa shape index (κ1) is 9.90. The fraction of sp³-hybridized carbons (Fsp3) is 0.455. The molecule has 0 aliphatic rings. The second-order valence-corrected chi connectivity index (χ2v) is 3.01. The maximum absolute atomic E-state index is 4.10. The van der Waals surface area contributed by atoms with E-state index in [0.29, 0.717) is 0 Å². The Kier molecular flexibility index (Phi) is 4.84. The fourth-order valence-corrected chi connectivity index (χ4v) is 1.06. The Bertz CT molecular complexity index is 242. The molecule has 0 aliphatic heterocycles. The van der Waals surface area contributed by atoms with Gasteiger partial charge < -0.3 is 0 Å². The number of hydrogen-bond acceptors (Lipinski definition) is 2. The van der Waals surface area contributed by atoms with E-state index >= 15 is 0 Å². The lowest BCUT2D eigenvalue weighted by atomic mass is 10.3. The van der Waals surface area contributed by atoms with Crippen LogP contribution in [0, 0.1) is 0 Å². The molecule has 2 nitrogen and oxygen atoms in total. The summed E-state index contributed by atoms with van der Waals surface area (Å²) in [6.07, 6.45) is 3.63. The van der Waals surface area contributed by atoms with Crippen molar-refractivity contribution in [2.24, 2.45) is 10.2 Å². The van der Waals surface area contributed by atoms with E-state index in [1.165, 1.54) is 12.8 Å². The average Bonchev–Trinajstić information content (AvgIpc) is 2.19. The summed E-state index contributed by atoms with van der Waals surface area (Å²) in [6, 6.07) is 9.85. The monoisotopic (exact) mass is 176 g/mol. The van der Waals surface area contributed by atoms with Gasteiger partial charge in [-0.3, -0.25) is 0 Å². The average molecular weight is 176 g/mol. The van der Waals surface area contributed by atoms with Crippen molar-refractivity contribution in [1.82, 2.24) is 0 Å². The summed E-state index contributed by atoms with van der Waals surface area (Å²) in [6.45, 7) is 3.04. The van der Waals surface area contributed by atoms with Gasteiger partial charge in [-0.15, -0.1) is 0 Å². The van der Waals surface area contributed by atoms with Gasteiger partial charge in [-0.1, -0.05) is 38.0 Å². The maximum atomic E-state index is 4.10. The van der Waals surface area contributed by atoms with Crippen LogP contribution in [0.2, 0.25) is 0 Å². The van der Waals surface area contributed by atoms with Crippen molar-refractivity contribution >= 4 is 5.69 Å². The van der Waals surface area contributed by atoms with Crippen LogP contribution in [0.4, 0.5) is 5.69 Å². The van der Waals surface area contributed by atoms with Gasteiger partial charge in [0.2, 0.25) is 0 Å². The Morgan fingerprint density at radius 3 is 2.54 bits per heavy atom. The summed E-state index contributed by atoms with van der Waals surface area (Å²) < 4.78 is 0. The quantitative estimate of drug-likeness (QED) is 0.479. The summed E-state index contributed by atoms with van der Waals surface area (Å²) in [4.78, 5) is 0. The molecule has 0 aromatic heterocycles. The topological polar surface area (TPSA) is 24.7 Å². The predicted octanol–water partition coefficient (Wildman–Crippen LogP) is 3.96. The molecule has 13 heavy (non-hydrogen) atoms. The first-order valence-corrected chi connectivity index (χ1v) is 4.86. The molecule has 0 spiro atoms. The summed E-state index contributed by atoms with van der Waals surface area (Å²) in [5.41, 5.74) is 0.944. The van der Waals surface area contributed by atoms with E-state index in [-0.39, 0.29) is 0 Å². The van der Waals surface area contributed by atoms with Gasteiger partial charge in [-0.05, 0) is 18.6 Å². The molecule has 0 N–H and O–H groups in total. The molecule has 1 rings (SSSR count). The molecule has 2 heteroatoms. The Balaban J connectivity index is 2.25. The zero-order chi connectivity index (χ0) is 9.36. The van der Waals surface area contributed by atoms with Crippen molar-refractivity contribution in [2.75, 3.05) is 6.54 Å². The predicted molar refractivity (Wildman–Crippen MR) is 55.4 cm³/mol. The van der Waals surface area contributed by atoms with E-state index in [4.69, 9.17) is 0 Å². The van der Waals surface area contributed by atoms with Gasteiger partial charge in [0.25, 0.3) is 0 Å². The van der Waals surface area contributed by atoms with Crippen LogP contribution >= 0.6 is 0 Å². The van der Waals surface area contributed by atoms with Crippen molar-refractivity contribution in [3.63, 3.8) is 0 Å². The standard InChI is InChI=1S/C11H16N2/c1-2-3-7-10-12-13-11-8-5-4-6-9-11/h4-6,8-9H,2-3,7,10H2,1H3. The summed E-state index contributed by atoms with van der Waals surface area (Å²) in [5.74, 6) is 0. The van der Waals surface area contributed by atoms with Crippen LogP contribution in [0.15, 0.2) is 40.6 Å². The van der Waals surface area contributed by atoms with Crippen LogP contribution < -0.4 is 0 Å². The largest absolute Gasteiger partial charge is 0.189 e. The van der Waals surface area contributed by atoms with E-state index in [1.54, 1.807) is 0 Å². The normalized spacial score (nSPS) is 10.8. The second kappa shape index (κ2) is 6.35. The highest BCUT2D eigenvalue weighted by Gasteiger charge is 1.85. The molecule has 0 saturated carbocycles. The highest BCUT2D eigenvalue weighted by Crippen LogP contribution is 2.10. The van der Waals surface area contributed by atoms with Gasteiger partial charge >= 0.3 is 0 Å². The minimum atomic E-state index is 0.850. The molecule has 0 aliphatic carbocycles. The lowest BCUT2D eigenvalue weighted by Gasteiger charge is -1.92. The third kappa shape index (κ3) is 4.41. The van der Waals surface area contributed by atoms with Gasteiger partial charge in [0, 0.05) is 0 Å². The van der Waals surface area contributed by atoms with E-state index in [9.17, 15) is 0 Å². The first-order valence-electron chi connectivity index (χ1n) is 4.86. The number of benzene rings is 1. The van der Waals surface area contributed by atoms with Gasteiger partial charge in [0.05, 0.1) is 12.2 Å². The zero-order valence-electron chi connectivity index (χ0n) is 8.11. The summed E-state index contributed by atoms with van der Waals surface area (Å²) in [7, 11) is 0. The fourth-order valence-electron chi connectivity index (χ4n) is 1.06. The molecule has 0 saturated heterocycles. The van der Waals surface area contributed by atoms with Crippen molar-refractivity contribution in [3.05, 3.63) is 30.3 Å². The molecule has 0 bridgehead atoms. The molecule has 0 fully saturated rings. The van der Waals surface area contributed by atoms with Crippen molar-refractivity contribution in [1.29, 1.82) is 0 Å². The Morgan fingerprint density at radius 2 is 1.85 bits per heavy atom. The number of azo groups is 1. The van der Waals surface area contributed by atoms with Crippen LogP contribution in [-0.4, -0.2) is 6.54 Å². The second-order valence-electron chi connectivity index (χ2n) is 3.01. The van der Waals surface area contributed by atoms with Gasteiger partial charge in [-0.25, -0.2) is 0 Å². The Labute approximate surface area is 79.7 Å². The van der Waals surface area contributed by atoms with E-state index in [1.807, 2.05) is 30.3 Å². The SMILES string of the molecule is CCCCCN=Nc1ccccc1. The minimum Gasteiger partial charge on any atom is -0.189 e. The van der Waals surface area contributed by atoms with Gasteiger partial charge in [-0.2, -0.15) is 10.2 Å². The molecule has 1 aromatic rings. The van der Waals surface area contributed by atoms with E-state index in [2.05, 4.69) is 17.2 Å². The number of hydrogen-bond donors (Lipinski definition) is 0. The number of rotatable bonds is 5. The lowest BCUT2D eigenvalue weighted by Crippen LogP contribution is -1.77. The molecular formula is C11H16N2. The molecule has 0 atom stereocenters. The molecule has 0 heterocycles. The highest BCUT2D eigenvalue weighted by atomic mass is 15.1. The highest BCUT2D eigenvalue weighted by molar-refractivity contribution is 5.34. The number of unbranched alkanes of at least 4 members (excludes halogenated alkanes) is 2. The van der Waals surface area contributed by atoms with Crippen LogP contribution in [0.25, 0.3) is 0 Å². The smallest absolute Gasteiger partial charge is 0.0852 e. The van der Waals surface area contributed by atoms with Crippen LogP contribution in [0.5, 0.6) is 0 Å². The van der Waals surface area contributed by atoms with Gasteiger partial charge in [0.1, 0.15) is 0 Å². The maximum Gasteiger partial charge on any atom is 0.0852 e. The van der Waals surface area contributed by atoms with E-state index < -0.39 is 0 Å². The minimum absolute atomic E-state index is 0.850. The third-order valence-corrected chi connectivity index (χ3v) is 1.80. The summed E-state index contributed by atoms with van der Waals surface area (Å²) in [5, 5.41) is 8.21. The van der Waals surface area contributed by atoms with Crippen LogP contribution in [-0.2, 0) is 0 Å². The van der Waals surface area contributed by atoms with Crippen molar-refractivity contribution in [3.8, 4) is 0 Å². The van der Waals surface area contributed by atoms with Gasteiger partial charge in [0.15, 0.2) is 0 Å².